The summed E-state index contributed by atoms with van der Waals surface area (Å²) in [5, 5.41) is 2.81. The fourth-order valence-corrected chi connectivity index (χ4v) is 2.74. The van der Waals surface area contributed by atoms with Gasteiger partial charge in [0.05, 0.1) is 5.56 Å². The van der Waals surface area contributed by atoms with Crippen LogP contribution in [0.15, 0.2) is 42.5 Å². The summed E-state index contributed by atoms with van der Waals surface area (Å²) >= 11 is 0. The van der Waals surface area contributed by atoms with E-state index in [1.165, 1.54) is 19.1 Å². The van der Waals surface area contributed by atoms with Gasteiger partial charge in [-0.15, -0.1) is 0 Å². The zero-order chi connectivity index (χ0) is 20.2. The second-order valence-corrected chi connectivity index (χ2v) is 6.16. The monoisotopic (exact) mass is 378 g/mol. The van der Waals surface area contributed by atoms with Gasteiger partial charge in [-0.2, -0.15) is 13.2 Å². The predicted octanol–water partition coefficient (Wildman–Crippen LogP) is 4.57. The van der Waals surface area contributed by atoms with E-state index in [4.69, 9.17) is 0 Å². The molecule has 1 N–H and O–H groups in total. The van der Waals surface area contributed by atoms with E-state index in [1.807, 2.05) is 32.0 Å². The summed E-state index contributed by atoms with van der Waals surface area (Å²) in [4.78, 5) is 25.5. The van der Waals surface area contributed by atoms with Gasteiger partial charge in [0.2, 0.25) is 11.8 Å². The second-order valence-electron chi connectivity index (χ2n) is 6.16. The van der Waals surface area contributed by atoms with Gasteiger partial charge in [-0.1, -0.05) is 25.1 Å². The normalized spacial score (nSPS) is 11.2. The summed E-state index contributed by atoms with van der Waals surface area (Å²) < 4.78 is 38.1. The lowest BCUT2D eigenvalue weighted by molar-refractivity contribution is -0.137. The maximum atomic E-state index is 12.7. The highest BCUT2D eigenvalue weighted by molar-refractivity contribution is 6.02. The zero-order valence-corrected chi connectivity index (χ0v) is 15.4. The molecule has 0 spiro atoms. The fourth-order valence-electron chi connectivity index (χ4n) is 2.74. The van der Waals surface area contributed by atoms with Crippen molar-refractivity contribution < 1.29 is 22.8 Å². The third kappa shape index (κ3) is 5.09. The van der Waals surface area contributed by atoms with Gasteiger partial charge in [-0.05, 0) is 48.7 Å². The number of halogens is 3. The van der Waals surface area contributed by atoms with Crippen LogP contribution in [0.1, 0.15) is 30.5 Å². The Morgan fingerprint density at radius 1 is 1.07 bits per heavy atom. The van der Waals surface area contributed by atoms with E-state index in [9.17, 15) is 22.8 Å². The molecule has 0 bridgehead atoms. The maximum absolute atomic E-state index is 12.7. The number of hydrogen-bond acceptors (Lipinski definition) is 2. The molecule has 0 saturated carbocycles. The van der Waals surface area contributed by atoms with Crippen molar-refractivity contribution in [3.63, 3.8) is 0 Å². The van der Waals surface area contributed by atoms with Gasteiger partial charge in [0.25, 0.3) is 0 Å². The number of rotatable bonds is 5. The molecule has 0 aliphatic rings. The number of nitrogens with one attached hydrogen (secondary N) is 1. The molecule has 0 atom stereocenters. The first-order valence-electron chi connectivity index (χ1n) is 8.47. The first-order valence-corrected chi connectivity index (χ1v) is 8.47. The largest absolute Gasteiger partial charge is 0.416 e. The van der Waals surface area contributed by atoms with Crippen LogP contribution in [0.25, 0.3) is 0 Å². The van der Waals surface area contributed by atoms with Gasteiger partial charge in [-0.3, -0.25) is 9.59 Å². The molecule has 0 radical (unpaired) electrons. The van der Waals surface area contributed by atoms with Crippen LogP contribution in [0.5, 0.6) is 0 Å². The molecule has 0 aliphatic heterocycles. The summed E-state index contributed by atoms with van der Waals surface area (Å²) in [6, 6.07) is 9.81. The van der Waals surface area contributed by atoms with Crippen LogP contribution < -0.4 is 10.2 Å². The number of amides is 2. The highest BCUT2D eigenvalue weighted by Crippen LogP contribution is 2.30. The van der Waals surface area contributed by atoms with E-state index in [2.05, 4.69) is 5.32 Å². The Kier molecular flexibility index (Phi) is 6.25. The number of benzene rings is 2. The standard InChI is InChI=1S/C20H21F3N2O2/c1-4-15-7-5-6-13(2)19(15)24-18(27)12-25(14(3)26)17-10-8-16(9-11-17)20(21,22)23/h5-11H,4,12H2,1-3H3,(H,24,27). The van der Waals surface area contributed by atoms with Crippen molar-refractivity contribution in [2.24, 2.45) is 0 Å². The van der Waals surface area contributed by atoms with Crippen LogP contribution in [0.3, 0.4) is 0 Å². The number of nitrogens with zero attached hydrogens (tertiary/aromatic N) is 1. The number of anilines is 2. The lowest BCUT2D eigenvalue weighted by Gasteiger charge is -2.22. The van der Waals surface area contributed by atoms with Gasteiger partial charge in [0.15, 0.2) is 0 Å². The van der Waals surface area contributed by atoms with Crippen molar-refractivity contribution in [1.82, 2.24) is 0 Å². The van der Waals surface area contributed by atoms with Crippen molar-refractivity contribution in [3.05, 3.63) is 59.2 Å². The van der Waals surface area contributed by atoms with E-state index >= 15 is 0 Å². The Hall–Kier alpha value is -2.83. The first-order chi connectivity index (χ1) is 12.6. The molecular weight excluding hydrogens is 357 g/mol. The van der Waals surface area contributed by atoms with Gasteiger partial charge in [-0.25, -0.2) is 0 Å². The lowest BCUT2D eigenvalue weighted by Crippen LogP contribution is -2.37. The Labute approximate surface area is 156 Å². The van der Waals surface area contributed by atoms with Gasteiger partial charge >= 0.3 is 6.18 Å². The van der Waals surface area contributed by atoms with Crippen LogP contribution in [0.2, 0.25) is 0 Å². The Bertz CT molecular complexity index is 830. The summed E-state index contributed by atoms with van der Waals surface area (Å²) in [5.41, 5.74) is 1.97. The molecular formula is C20H21F3N2O2. The number of carbonyl (C=O) groups excluding carboxylic acids is 2. The lowest BCUT2D eigenvalue weighted by atomic mass is 10.1. The highest BCUT2D eigenvalue weighted by Gasteiger charge is 2.30. The van der Waals surface area contributed by atoms with E-state index in [0.29, 0.717) is 5.69 Å². The van der Waals surface area contributed by atoms with Gasteiger partial charge < -0.3 is 10.2 Å². The van der Waals surface area contributed by atoms with Gasteiger partial charge in [0.1, 0.15) is 6.54 Å². The summed E-state index contributed by atoms with van der Waals surface area (Å²) in [5.74, 6) is -0.862. The smallest absolute Gasteiger partial charge is 0.324 e. The zero-order valence-electron chi connectivity index (χ0n) is 15.4. The van der Waals surface area contributed by atoms with Crippen molar-refractivity contribution in [3.8, 4) is 0 Å². The SMILES string of the molecule is CCc1cccc(C)c1NC(=O)CN(C(C)=O)c1ccc(C(F)(F)F)cc1. The van der Waals surface area contributed by atoms with Gasteiger partial charge in [0, 0.05) is 18.3 Å². The van der Waals surface area contributed by atoms with E-state index in [0.717, 1.165) is 34.6 Å². The van der Waals surface area contributed by atoms with Crippen molar-refractivity contribution in [2.45, 2.75) is 33.4 Å². The summed E-state index contributed by atoms with van der Waals surface area (Å²) in [7, 11) is 0. The second kappa shape index (κ2) is 8.24. The predicted molar refractivity (Wildman–Crippen MR) is 98.7 cm³/mol. The third-order valence-corrected chi connectivity index (χ3v) is 4.19. The van der Waals surface area contributed by atoms with Crippen molar-refractivity contribution in [1.29, 1.82) is 0 Å². The van der Waals surface area contributed by atoms with Crippen LogP contribution in [-0.4, -0.2) is 18.4 Å². The average molecular weight is 378 g/mol. The van der Waals surface area contributed by atoms with E-state index in [-0.39, 0.29) is 12.2 Å². The van der Waals surface area contributed by atoms with Crippen LogP contribution in [0, 0.1) is 6.92 Å². The molecule has 4 nitrogen and oxygen atoms in total. The molecule has 2 amide bonds. The molecule has 144 valence electrons. The molecule has 0 fully saturated rings. The number of aryl methyl sites for hydroxylation is 2. The molecule has 2 aromatic carbocycles. The molecule has 7 heteroatoms. The van der Waals surface area contributed by atoms with Crippen LogP contribution in [0.4, 0.5) is 24.5 Å². The molecule has 27 heavy (non-hydrogen) atoms. The quantitative estimate of drug-likeness (QED) is 0.829. The molecule has 0 aromatic heterocycles. The Balaban J connectivity index is 2.19. The minimum atomic E-state index is -4.46. The van der Waals surface area contributed by atoms with E-state index in [1.54, 1.807) is 0 Å². The maximum Gasteiger partial charge on any atom is 0.416 e. The topological polar surface area (TPSA) is 49.4 Å². The van der Waals surface area contributed by atoms with Crippen LogP contribution >= 0.6 is 0 Å². The average Bonchev–Trinajstić information content (AvgIpc) is 2.60. The van der Waals surface area contributed by atoms with E-state index < -0.39 is 23.6 Å². The molecule has 0 heterocycles. The molecule has 0 saturated heterocycles. The fraction of sp³-hybridized carbons (Fsp3) is 0.300. The van der Waals surface area contributed by atoms with Crippen LogP contribution in [-0.2, 0) is 22.2 Å². The summed E-state index contributed by atoms with van der Waals surface area (Å²) in [6.07, 6.45) is -3.73. The van der Waals surface area contributed by atoms with Crippen molar-refractivity contribution in [2.75, 3.05) is 16.8 Å². The third-order valence-electron chi connectivity index (χ3n) is 4.19. The Morgan fingerprint density at radius 3 is 2.22 bits per heavy atom. The number of hydrogen-bond donors (Lipinski definition) is 1. The Morgan fingerprint density at radius 2 is 1.70 bits per heavy atom. The minimum absolute atomic E-state index is 0.228. The number of carbonyl (C=O) groups is 2. The highest BCUT2D eigenvalue weighted by atomic mass is 19.4. The minimum Gasteiger partial charge on any atom is -0.324 e. The first kappa shape index (κ1) is 20.5. The summed E-state index contributed by atoms with van der Waals surface area (Å²) in [6.45, 7) is 4.80. The van der Waals surface area contributed by atoms with Crippen molar-refractivity contribution >= 4 is 23.2 Å². The molecule has 2 aromatic rings. The number of para-hydroxylation sites is 1. The molecule has 0 unspecified atom stereocenters. The molecule has 0 aliphatic carbocycles. The number of alkyl halides is 3. The molecule has 2 rings (SSSR count).